The quantitative estimate of drug-likeness (QED) is 0.256. The summed E-state index contributed by atoms with van der Waals surface area (Å²) in [6.07, 6.45) is 0.180. The van der Waals surface area contributed by atoms with Gasteiger partial charge >= 0.3 is 5.97 Å². The molecule has 1 unspecified atom stereocenters. The largest absolute Gasteiger partial charge is 0.462 e. The molecular weight excluding hydrogens is 328 g/mol. The normalized spacial score (nSPS) is 11.8. The molecule has 132 valence electrons. The summed E-state index contributed by atoms with van der Waals surface area (Å²) in [6, 6.07) is 7.22. The van der Waals surface area contributed by atoms with Crippen LogP contribution in [-0.2, 0) is 9.53 Å². The molecule has 1 aromatic carbocycles. The van der Waals surface area contributed by atoms with Crippen LogP contribution < -0.4 is 0 Å². The van der Waals surface area contributed by atoms with E-state index in [2.05, 4.69) is 11.7 Å². The smallest absolute Gasteiger partial charge is 0.336 e. The third-order valence-electron chi connectivity index (χ3n) is 3.47. The lowest BCUT2D eigenvalue weighted by Gasteiger charge is -2.10. The van der Waals surface area contributed by atoms with Crippen LogP contribution >= 0.6 is 0 Å². The lowest BCUT2D eigenvalue weighted by molar-refractivity contribution is -0.384. The van der Waals surface area contributed by atoms with Crippen molar-refractivity contribution in [1.29, 1.82) is 0 Å². The number of unbranched alkanes of at least 4 members (excludes halogenated alkanes) is 1. The summed E-state index contributed by atoms with van der Waals surface area (Å²) in [4.78, 5) is 22.1. The molecule has 8 nitrogen and oxygen atoms in total. The number of rotatable bonds is 8. The molecule has 1 aromatic heterocycles. The highest BCUT2D eigenvalue weighted by molar-refractivity contribution is 5.89. The Morgan fingerprint density at radius 3 is 2.92 bits per heavy atom. The molecule has 2 rings (SSSR count). The number of nitro groups is 1. The summed E-state index contributed by atoms with van der Waals surface area (Å²) in [5.41, 5.74) is 0.488. The van der Waals surface area contributed by atoms with Gasteiger partial charge in [0.15, 0.2) is 5.76 Å². The second-order valence-corrected chi connectivity index (χ2v) is 5.34. The van der Waals surface area contributed by atoms with Crippen LogP contribution in [0.15, 0.2) is 47.0 Å². The van der Waals surface area contributed by atoms with Gasteiger partial charge in [-0.3, -0.25) is 10.1 Å². The first-order chi connectivity index (χ1) is 11.9. The van der Waals surface area contributed by atoms with Crippen molar-refractivity contribution in [2.24, 2.45) is 0 Å². The molecule has 0 amide bonds. The summed E-state index contributed by atoms with van der Waals surface area (Å²) in [5.74, 6) is -0.715. The first-order valence-electron chi connectivity index (χ1n) is 7.69. The summed E-state index contributed by atoms with van der Waals surface area (Å²) < 4.78 is 10.0. The van der Waals surface area contributed by atoms with E-state index < -0.39 is 17.0 Å². The van der Waals surface area contributed by atoms with E-state index in [1.807, 2.05) is 6.92 Å². The molecule has 0 spiro atoms. The molecule has 1 N–H and O–H groups in total. The average molecular weight is 346 g/mol. The van der Waals surface area contributed by atoms with Gasteiger partial charge in [-0.1, -0.05) is 37.2 Å². The van der Waals surface area contributed by atoms with Gasteiger partial charge < -0.3 is 14.4 Å². The van der Waals surface area contributed by atoms with E-state index in [-0.39, 0.29) is 23.6 Å². The van der Waals surface area contributed by atoms with Crippen molar-refractivity contribution < 1.29 is 24.1 Å². The van der Waals surface area contributed by atoms with Gasteiger partial charge in [-0.15, -0.1) is 0 Å². The first kappa shape index (κ1) is 18.3. The zero-order valence-electron chi connectivity index (χ0n) is 13.7. The number of hydrogen-bond donors (Lipinski definition) is 1. The Bertz CT molecular complexity index is 783. The Labute approximate surface area is 143 Å². The molecule has 0 saturated carbocycles. The number of aliphatic hydroxyl groups is 1. The lowest BCUT2D eigenvalue weighted by atomic mass is 10.1. The Morgan fingerprint density at radius 1 is 1.48 bits per heavy atom. The molecule has 2 aromatic rings. The Balaban J connectivity index is 2.12. The molecule has 0 radical (unpaired) electrons. The second kappa shape index (κ2) is 8.20. The third-order valence-corrected chi connectivity index (χ3v) is 3.47. The number of benzene rings is 1. The van der Waals surface area contributed by atoms with Crippen LogP contribution in [0.3, 0.4) is 0 Å². The molecule has 0 bridgehead atoms. The Hall–Kier alpha value is -3.00. The number of nitro benzene ring substituents is 1. The fourth-order valence-electron chi connectivity index (χ4n) is 2.02. The maximum atomic E-state index is 11.8. The van der Waals surface area contributed by atoms with Crippen molar-refractivity contribution in [3.8, 4) is 11.3 Å². The van der Waals surface area contributed by atoms with Crippen molar-refractivity contribution in [2.45, 2.75) is 25.9 Å². The molecule has 8 heteroatoms. The zero-order valence-corrected chi connectivity index (χ0v) is 13.7. The lowest BCUT2D eigenvalue weighted by Crippen LogP contribution is -2.14. The van der Waals surface area contributed by atoms with Crippen molar-refractivity contribution >= 4 is 11.7 Å². The van der Waals surface area contributed by atoms with E-state index >= 15 is 0 Å². The van der Waals surface area contributed by atoms with E-state index in [0.29, 0.717) is 17.7 Å². The molecular formula is C17H18N2O6. The summed E-state index contributed by atoms with van der Waals surface area (Å²) in [6.45, 7) is 5.73. The maximum Gasteiger partial charge on any atom is 0.336 e. The van der Waals surface area contributed by atoms with Crippen molar-refractivity contribution in [3.05, 3.63) is 58.4 Å². The minimum Gasteiger partial charge on any atom is -0.462 e. The molecule has 1 heterocycles. The fraction of sp³-hybridized carbons (Fsp3) is 0.294. The molecule has 0 fully saturated rings. The first-order valence-corrected chi connectivity index (χ1v) is 7.69. The third kappa shape index (κ3) is 4.51. The Morgan fingerprint density at radius 2 is 2.24 bits per heavy atom. The molecule has 25 heavy (non-hydrogen) atoms. The van der Waals surface area contributed by atoms with Crippen LogP contribution in [0.25, 0.3) is 11.3 Å². The topological polar surface area (TPSA) is 116 Å². The molecule has 0 aliphatic heterocycles. The van der Waals surface area contributed by atoms with Gasteiger partial charge in [0.1, 0.15) is 11.8 Å². The number of hydrogen-bond acceptors (Lipinski definition) is 7. The van der Waals surface area contributed by atoms with E-state index in [4.69, 9.17) is 9.26 Å². The summed E-state index contributed by atoms with van der Waals surface area (Å²) >= 11 is 0. The predicted molar refractivity (Wildman–Crippen MR) is 88.6 cm³/mol. The maximum absolute atomic E-state index is 11.8. The van der Waals surface area contributed by atoms with Gasteiger partial charge in [-0.2, -0.15) is 0 Å². The van der Waals surface area contributed by atoms with Gasteiger partial charge in [-0.05, 0) is 6.42 Å². The minimum absolute atomic E-state index is 0.000974. The van der Waals surface area contributed by atoms with Crippen LogP contribution in [0.5, 0.6) is 0 Å². The highest BCUT2D eigenvalue weighted by Gasteiger charge is 2.24. The van der Waals surface area contributed by atoms with Gasteiger partial charge in [-0.25, -0.2) is 4.79 Å². The highest BCUT2D eigenvalue weighted by Crippen LogP contribution is 2.28. The summed E-state index contributed by atoms with van der Waals surface area (Å²) in [7, 11) is 0. The van der Waals surface area contributed by atoms with Crippen molar-refractivity contribution in [1.82, 2.24) is 5.16 Å². The predicted octanol–water partition coefficient (Wildman–Crippen LogP) is 3.18. The van der Waals surface area contributed by atoms with E-state index in [1.54, 1.807) is 6.07 Å². The number of non-ortho nitro benzene ring substituents is 1. The summed E-state index contributed by atoms with van der Waals surface area (Å²) in [5, 5.41) is 24.8. The number of carbonyl (C=O) groups is 1. The fourth-order valence-corrected chi connectivity index (χ4v) is 2.02. The highest BCUT2D eigenvalue weighted by atomic mass is 16.6. The number of aliphatic hydroxyl groups excluding tert-OH is 1. The molecule has 0 aliphatic carbocycles. The molecule has 0 saturated heterocycles. The minimum atomic E-state index is -1.41. The zero-order chi connectivity index (χ0) is 18.4. The van der Waals surface area contributed by atoms with Gasteiger partial charge in [0.05, 0.1) is 17.1 Å². The van der Waals surface area contributed by atoms with Crippen LogP contribution in [0, 0.1) is 10.1 Å². The number of esters is 1. The van der Waals surface area contributed by atoms with Gasteiger partial charge in [0, 0.05) is 23.8 Å². The van der Waals surface area contributed by atoms with Crippen LogP contribution in [-0.4, -0.2) is 27.8 Å². The standard InChI is InChI=1S/C17H18N2O6/c1-3-4-8-24-17(21)11(2)16(20)15-10-14(18-25-15)12-6-5-7-13(9-12)19(22)23/h5-7,9-10,16,20H,2-4,8H2,1H3. The Kier molecular flexibility index (Phi) is 6.02. The number of carbonyl (C=O) groups excluding carboxylic acids is 1. The van der Waals surface area contributed by atoms with Crippen molar-refractivity contribution in [3.63, 3.8) is 0 Å². The molecule has 1 atom stereocenters. The van der Waals surface area contributed by atoms with Crippen molar-refractivity contribution in [2.75, 3.05) is 6.61 Å². The van der Waals surface area contributed by atoms with E-state index in [9.17, 15) is 20.0 Å². The van der Waals surface area contributed by atoms with Crippen LogP contribution in [0.1, 0.15) is 31.6 Å². The van der Waals surface area contributed by atoms with Crippen LogP contribution in [0.2, 0.25) is 0 Å². The van der Waals surface area contributed by atoms with E-state index in [1.165, 1.54) is 24.3 Å². The number of ether oxygens (including phenoxy) is 1. The van der Waals surface area contributed by atoms with E-state index in [0.717, 1.165) is 6.42 Å². The SMILES string of the molecule is C=C(C(=O)OCCCC)C(O)c1cc(-c2cccc([N+](=O)[O-])c2)no1. The number of nitrogens with zero attached hydrogens (tertiary/aromatic N) is 2. The molecule has 0 aliphatic rings. The number of aromatic nitrogens is 1. The van der Waals surface area contributed by atoms with Gasteiger partial charge in [0.2, 0.25) is 0 Å². The van der Waals surface area contributed by atoms with Gasteiger partial charge in [0.25, 0.3) is 5.69 Å². The monoisotopic (exact) mass is 346 g/mol. The average Bonchev–Trinajstić information content (AvgIpc) is 3.10. The van der Waals surface area contributed by atoms with Crippen LogP contribution in [0.4, 0.5) is 5.69 Å². The second-order valence-electron chi connectivity index (χ2n) is 5.34.